The molecule has 3 aliphatic carbocycles. The van der Waals surface area contributed by atoms with Crippen LogP contribution in [0.1, 0.15) is 41.7 Å². The molecule has 1 amide bonds. The number of thiophene rings is 1. The molecule has 3 aliphatic rings. The summed E-state index contributed by atoms with van der Waals surface area (Å²) in [6.45, 7) is 0. The number of anilines is 1. The van der Waals surface area contributed by atoms with Crippen LogP contribution in [0.25, 0.3) is 0 Å². The number of nitrogens with one attached hydrogen (secondary N) is 1. The highest BCUT2D eigenvalue weighted by Gasteiger charge is 2.48. The summed E-state index contributed by atoms with van der Waals surface area (Å²) in [6.07, 6.45) is 9.70. The minimum Gasteiger partial charge on any atom is -0.550 e. The Morgan fingerprint density at radius 2 is 1.88 bits per heavy atom. The van der Waals surface area contributed by atoms with Gasteiger partial charge in [-0.05, 0) is 49.5 Å². The van der Waals surface area contributed by atoms with Gasteiger partial charge in [0.25, 0.3) is 0 Å². The van der Waals surface area contributed by atoms with Gasteiger partial charge in [-0.2, -0.15) is 5.26 Å². The zero-order chi connectivity index (χ0) is 17.6. The number of carboxylic acids is 1. The number of allylic oxidation sites excluding steroid dienone is 2. The number of aryl methyl sites for hydroxylation is 1. The van der Waals surface area contributed by atoms with Gasteiger partial charge in [-0.15, -0.1) is 11.3 Å². The lowest BCUT2D eigenvalue weighted by Crippen LogP contribution is -2.42. The largest absolute Gasteiger partial charge is 0.550 e. The van der Waals surface area contributed by atoms with Gasteiger partial charge in [-0.25, -0.2) is 0 Å². The maximum absolute atomic E-state index is 12.8. The summed E-state index contributed by atoms with van der Waals surface area (Å²) in [4.78, 5) is 25.5. The lowest BCUT2D eigenvalue weighted by Gasteiger charge is -2.27. The number of fused-ring (bicyclic) bond motifs is 3. The van der Waals surface area contributed by atoms with Crippen LogP contribution in [-0.4, -0.2) is 11.9 Å². The van der Waals surface area contributed by atoms with Crippen LogP contribution in [-0.2, 0) is 22.4 Å². The maximum Gasteiger partial charge on any atom is 0.229 e. The number of carboxylic acid groups (broad SMARTS) is 1. The number of nitrogens with zero attached hydrogens (tertiary/aromatic N) is 1. The van der Waals surface area contributed by atoms with Gasteiger partial charge >= 0.3 is 0 Å². The van der Waals surface area contributed by atoms with E-state index in [4.69, 9.17) is 0 Å². The molecule has 0 aromatic carbocycles. The van der Waals surface area contributed by atoms with Crippen molar-refractivity contribution in [3.63, 3.8) is 0 Å². The highest BCUT2D eigenvalue weighted by Crippen LogP contribution is 2.48. The predicted octanol–water partition coefficient (Wildman–Crippen LogP) is 2.02. The Kier molecular flexibility index (Phi) is 4.12. The van der Waals surface area contributed by atoms with Crippen LogP contribution in [0, 0.1) is 35.0 Å². The van der Waals surface area contributed by atoms with Gasteiger partial charge in [0.1, 0.15) is 11.1 Å². The second-order valence-electron chi connectivity index (χ2n) is 7.19. The monoisotopic (exact) mass is 355 g/mol. The minimum absolute atomic E-state index is 0.0452. The van der Waals surface area contributed by atoms with Gasteiger partial charge in [0.05, 0.1) is 11.5 Å². The molecule has 25 heavy (non-hydrogen) atoms. The van der Waals surface area contributed by atoms with Crippen molar-refractivity contribution in [2.75, 3.05) is 5.32 Å². The molecule has 1 saturated carbocycles. The topological polar surface area (TPSA) is 93.0 Å². The number of rotatable bonds is 3. The highest BCUT2D eigenvalue weighted by molar-refractivity contribution is 7.16. The molecule has 1 heterocycles. The quantitative estimate of drug-likeness (QED) is 0.663. The second-order valence-corrected chi connectivity index (χ2v) is 8.29. The number of carbonyl (C=O) groups is 2. The van der Waals surface area contributed by atoms with Gasteiger partial charge in [0, 0.05) is 16.8 Å². The van der Waals surface area contributed by atoms with E-state index in [9.17, 15) is 20.0 Å². The predicted molar refractivity (Wildman–Crippen MR) is 91.6 cm³/mol. The standard InChI is InChI=1S/C19H20N2O3S/c20-9-13-12-4-2-1-3-5-14(12)25-18(13)21-17(22)15-10-6-7-11(8-10)16(15)19(23)24/h6-7,10-11,15-16H,1-5,8H2,(H,21,22)(H,23,24)/p-1/t10-,11-,15-,16-/m0/s1. The fourth-order valence-electron chi connectivity index (χ4n) is 4.65. The van der Waals surface area contributed by atoms with Crippen LogP contribution in [0.2, 0.25) is 0 Å². The molecule has 1 N–H and O–H groups in total. The normalized spacial score (nSPS) is 29.7. The summed E-state index contributed by atoms with van der Waals surface area (Å²) < 4.78 is 0. The van der Waals surface area contributed by atoms with E-state index >= 15 is 0 Å². The van der Waals surface area contributed by atoms with Crippen molar-refractivity contribution < 1.29 is 14.7 Å². The summed E-state index contributed by atoms with van der Waals surface area (Å²) in [7, 11) is 0. The molecule has 6 heteroatoms. The lowest BCUT2D eigenvalue weighted by molar-refractivity contribution is -0.313. The first kappa shape index (κ1) is 16.3. The molecule has 2 bridgehead atoms. The van der Waals surface area contributed by atoms with Crippen LogP contribution in [0.4, 0.5) is 5.00 Å². The Labute approximate surface area is 150 Å². The van der Waals surface area contributed by atoms with Crippen molar-refractivity contribution in [3.8, 4) is 6.07 Å². The third-order valence-electron chi connectivity index (χ3n) is 5.80. The molecule has 0 radical (unpaired) electrons. The summed E-state index contributed by atoms with van der Waals surface area (Å²) in [5.74, 6) is -2.97. The van der Waals surface area contributed by atoms with Crippen LogP contribution in [0.5, 0.6) is 0 Å². The molecule has 0 aliphatic heterocycles. The Bertz CT molecular complexity index is 804. The summed E-state index contributed by atoms with van der Waals surface area (Å²) in [5, 5.41) is 24.5. The van der Waals surface area contributed by atoms with Crippen LogP contribution >= 0.6 is 11.3 Å². The zero-order valence-corrected chi connectivity index (χ0v) is 14.6. The smallest absolute Gasteiger partial charge is 0.229 e. The molecule has 4 rings (SSSR count). The molecule has 0 saturated heterocycles. The molecular formula is C19H19N2O3S-. The van der Waals surface area contributed by atoms with Crippen molar-refractivity contribution in [3.05, 3.63) is 28.2 Å². The third-order valence-corrected chi connectivity index (χ3v) is 7.01. The molecule has 4 atom stereocenters. The Balaban J connectivity index is 1.60. The number of hydrogen-bond acceptors (Lipinski definition) is 5. The van der Waals surface area contributed by atoms with Crippen LogP contribution in [0.15, 0.2) is 12.2 Å². The summed E-state index contributed by atoms with van der Waals surface area (Å²) >= 11 is 1.48. The summed E-state index contributed by atoms with van der Waals surface area (Å²) in [5.41, 5.74) is 1.64. The molecule has 1 aromatic heterocycles. The van der Waals surface area contributed by atoms with Gasteiger partial charge in [0.2, 0.25) is 5.91 Å². The maximum atomic E-state index is 12.8. The number of aliphatic carboxylic acids is 1. The van der Waals surface area contributed by atoms with Crippen molar-refractivity contribution in [2.24, 2.45) is 23.7 Å². The van der Waals surface area contributed by atoms with Crippen molar-refractivity contribution in [1.82, 2.24) is 0 Å². The van der Waals surface area contributed by atoms with E-state index in [1.165, 1.54) is 22.6 Å². The fraction of sp³-hybridized carbons (Fsp3) is 0.526. The first-order valence-corrected chi connectivity index (χ1v) is 9.66. The van der Waals surface area contributed by atoms with Crippen molar-refractivity contribution >= 4 is 28.2 Å². The van der Waals surface area contributed by atoms with E-state index in [2.05, 4.69) is 11.4 Å². The number of carbonyl (C=O) groups excluding carboxylic acids is 2. The van der Waals surface area contributed by atoms with Gasteiger partial charge in [-0.3, -0.25) is 4.79 Å². The second kappa shape index (κ2) is 6.30. The van der Waals surface area contributed by atoms with E-state index in [0.29, 0.717) is 17.0 Å². The molecule has 5 nitrogen and oxygen atoms in total. The molecular weight excluding hydrogens is 336 g/mol. The Morgan fingerprint density at radius 3 is 2.60 bits per heavy atom. The SMILES string of the molecule is N#Cc1c(NC(=O)[C@@H]2[C@@H](C(=O)[O-])[C@H]3C=C[C@H]2C3)sc2c1CCCCC2. The van der Waals surface area contributed by atoms with Crippen LogP contribution in [0.3, 0.4) is 0 Å². The van der Waals surface area contributed by atoms with Crippen LogP contribution < -0.4 is 10.4 Å². The molecule has 130 valence electrons. The van der Waals surface area contributed by atoms with E-state index in [1.807, 2.05) is 12.2 Å². The first-order chi connectivity index (χ1) is 12.1. The molecule has 0 spiro atoms. The van der Waals surface area contributed by atoms with Crippen molar-refractivity contribution in [1.29, 1.82) is 5.26 Å². The van der Waals surface area contributed by atoms with Gasteiger partial charge < -0.3 is 15.2 Å². The fourth-order valence-corrected chi connectivity index (χ4v) is 5.89. The number of nitriles is 1. The average Bonchev–Trinajstić information content (AvgIpc) is 3.23. The van der Waals surface area contributed by atoms with Gasteiger partial charge in [-0.1, -0.05) is 18.6 Å². The van der Waals surface area contributed by atoms with Gasteiger partial charge in [0.15, 0.2) is 0 Å². The van der Waals surface area contributed by atoms with Crippen molar-refractivity contribution in [2.45, 2.75) is 38.5 Å². The lowest BCUT2D eigenvalue weighted by atomic mass is 9.82. The minimum atomic E-state index is -1.15. The first-order valence-electron chi connectivity index (χ1n) is 8.85. The molecule has 1 fully saturated rings. The zero-order valence-electron chi connectivity index (χ0n) is 13.8. The number of amides is 1. The van der Waals surface area contributed by atoms with E-state index in [1.54, 1.807) is 0 Å². The third kappa shape index (κ3) is 2.67. The van der Waals surface area contributed by atoms with E-state index in [-0.39, 0.29) is 17.7 Å². The van der Waals surface area contributed by atoms with E-state index in [0.717, 1.165) is 31.2 Å². The molecule has 0 unspecified atom stereocenters. The Morgan fingerprint density at radius 1 is 1.16 bits per heavy atom. The Hall–Kier alpha value is -2.13. The number of hydrogen-bond donors (Lipinski definition) is 1. The summed E-state index contributed by atoms with van der Waals surface area (Å²) in [6, 6.07) is 2.25. The molecule has 1 aromatic rings. The highest BCUT2D eigenvalue weighted by atomic mass is 32.1. The van der Waals surface area contributed by atoms with E-state index < -0.39 is 17.8 Å². The average molecular weight is 355 g/mol.